The van der Waals surface area contributed by atoms with Crippen molar-refractivity contribution < 1.29 is 4.79 Å². The number of aromatic nitrogens is 2. The van der Waals surface area contributed by atoms with Gasteiger partial charge in [0.2, 0.25) is 0 Å². The molecule has 0 radical (unpaired) electrons. The summed E-state index contributed by atoms with van der Waals surface area (Å²) >= 11 is 6.08. The molecule has 0 aliphatic heterocycles. The summed E-state index contributed by atoms with van der Waals surface area (Å²) in [7, 11) is 0. The topological polar surface area (TPSA) is 69.8 Å². The molecule has 0 fully saturated rings. The Morgan fingerprint density at radius 1 is 1.12 bits per heavy atom. The first-order valence-electron chi connectivity index (χ1n) is 7.81. The van der Waals surface area contributed by atoms with E-state index in [0.29, 0.717) is 10.7 Å². The molecule has 6 heteroatoms. The number of halogens is 1. The molecule has 1 atom stereocenters. The van der Waals surface area contributed by atoms with Gasteiger partial charge in [-0.2, -0.15) is 0 Å². The van der Waals surface area contributed by atoms with Crippen LogP contribution in [0.15, 0.2) is 48.5 Å². The van der Waals surface area contributed by atoms with Crippen LogP contribution in [0.1, 0.15) is 25.7 Å². The molecule has 3 N–H and O–H groups in total. The van der Waals surface area contributed by atoms with Gasteiger partial charge in [0.1, 0.15) is 5.82 Å². The molecule has 2 amide bonds. The average molecular weight is 343 g/mol. The van der Waals surface area contributed by atoms with Gasteiger partial charge >= 0.3 is 6.03 Å². The summed E-state index contributed by atoms with van der Waals surface area (Å²) in [4.78, 5) is 20.2. The number of benzene rings is 2. The summed E-state index contributed by atoms with van der Waals surface area (Å²) in [6, 6.07) is 14.4. The molecule has 2 aromatic carbocycles. The lowest BCUT2D eigenvalue weighted by Gasteiger charge is -2.20. The highest BCUT2D eigenvalue weighted by Crippen LogP contribution is 2.23. The molecule has 1 aromatic heterocycles. The van der Waals surface area contributed by atoms with Crippen LogP contribution in [0.3, 0.4) is 0 Å². The number of amides is 2. The molecule has 0 aliphatic carbocycles. The maximum Gasteiger partial charge on any atom is 0.319 e. The molecule has 5 nitrogen and oxygen atoms in total. The summed E-state index contributed by atoms with van der Waals surface area (Å²) in [5, 5.41) is 6.24. The molecule has 1 unspecified atom stereocenters. The van der Waals surface area contributed by atoms with Gasteiger partial charge in [-0.25, -0.2) is 9.78 Å². The van der Waals surface area contributed by atoms with Crippen molar-refractivity contribution in [3.05, 3.63) is 59.4 Å². The van der Waals surface area contributed by atoms with Crippen molar-refractivity contribution in [2.75, 3.05) is 5.32 Å². The van der Waals surface area contributed by atoms with Crippen LogP contribution in [0.2, 0.25) is 5.02 Å². The van der Waals surface area contributed by atoms with Gasteiger partial charge in [-0.1, -0.05) is 49.7 Å². The number of nitrogens with one attached hydrogen (secondary N) is 3. The number of carbonyl (C=O) groups is 1. The van der Waals surface area contributed by atoms with E-state index in [1.165, 1.54) is 0 Å². The Labute approximate surface area is 145 Å². The Balaban J connectivity index is 1.79. The van der Waals surface area contributed by atoms with Gasteiger partial charge < -0.3 is 15.6 Å². The standard InChI is InChI=1S/C18H19ClN4O/c1-11(2)16(17-20-14-9-5-6-10-15(14)21-17)23-18(24)22-13-8-4-3-7-12(13)19/h3-11,16H,1-2H3,(H,20,21)(H2,22,23,24). The summed E-state index contributed by atoms with van der Waals surface area (Å²) < 4.78 is 0. The minimum atomic E-state index is -0.317. The molecule has 3 rings (SSSR count). The SMILES string of the molecule is CC(C)C(NC(=O)Nc1ccccc1Cl)c1nc2ccccc2[nH]1. The smallest absolute Gasteiger partial charge is 0.319 e. The molecule has 24 heavy (non-hydrogen) atoms. The zero-order valence-corrected chi connectivity index (χ0v) is 14.3. The van der Waals surface area contributed by atoms with Crippen molar-refractivity contribution in [2.24, 2.45) is 5.92 Å². The molecule has 1 heterocycles. The van der Waals surface area contributed by atoms with E-state index in [1.54, 1.807) is 12.1 Å². The molecule has 0 spiro atoms. The van der Waals surface area contributed by atoms with Crippen molar-refractivity contribution in [2.45, 2.75) is 19.9 Å². The maximum atomic E-state index is 12.3. The van der Waals surface area contributed by atoms with Gasteiger partial charge in [0.15, 0.2) is 0 Å². The zero-order chi connectivity index (χ0) is 17.1. The third-order valence-electron chi connectivity index (χ3n) is 3.78. The lowest BCUT2D eigenvalue weighted by atomic mass is 10.0. The van der Waals surface area contributed by atoms with Gasteiger partial charge in [-0.15, -0.1) is 0 Å². The van der Waals surface area contributed by atoms with E-state index in [-0.39, 0.29) is 18.0 Å². The van der Waals surface area contributed by atoms with E-state index in [2.05, 4.69) is 20.6 Å². The van der Waals surface area contributed by atoms with Gasteiger partial charge in [0.25, 0.3) is 0 Å². The Morgan fingerprint density at radius 2 is 1.83 bits per heavy atom. The first-order valence-corrected chi connectivity index (χ1v) is 8.19. The van der Waals surface area contributed by atoms with Gasteiger partial charge in [-0.05, 0) is 30.2 Å². The van der Waals surface area contributed by atoms with Crippen molar-refractivity contribution in [1.82, 2.24) is 15.3 Å². The fraction of sp³-hybridized carbons (Fsp3) is 0.222. The predicted molar refractivity (Wildman–Crippen MR) is 97.3 cm³/mol. The number of para-hydroxylation sites is 3. The number of hydrogen-bond donors (Lipinski definition) is 3. The van der Waals surface area contributed by atoms with Gasteiger partial charge in [-0.3, -0.25) is 0 Å². The van der Waals surface area contributed by atoms with E-state index in [1.807, 2.05) is 50.2 Å². The second-order valence-electron chi connectivity index (χ2n) is 5.94. The van der Waals surface area contributed by atoms with Crippen molar-refractivity contribution in [1.29, 1.82) is 0 Å². The lowest BCUT2D eigenvalue weighted by molar-refractivity contribution is 0.244. The third-order valence-corrected chi connectivity index (χ3v) is 4.11. The molecule has 0 saturated carbocycles. The number of urea groups is 1. The normalized spacial score (nSPS) is 12.3. The molecular formula is C18H19ClN4O. The average Bonchev–Trinajstić information content (AvgIpc) is 2.98. The zero-order valence-electron chi connectivity index (χ0n) is 13.5. The van der Waals surface area contributed by atoms with Crippen LogP contribution in [0.5, 0.6) is 0 Å². The van der Waals surface area contributed by atoms with Crippen LogP contribution < -0.4 is 10.6 Å². The molecule has 0 aliphatic rings. The number of aromatic amines is 1. The molecule has 3 aromatic rings. The first-order chi connectivity index (χ1) is 11.5. The molecular weight excluding hydrogens is 324 g/mol. The number of fused-ring (bicyclic) bond motifs is 1. The molecule has 0 bridgehead atoms. The highest BCUT2D eigenvalue weighted by atomic mass is 35.5. The Kier molecular flexibility index (Phi) is 4.71. The number of rotatable bonds is 4. The number of anilines is 1. The number of carbonyl (C=O) groups excluding carboxylic acids is 1. The summed E-state index contributed by atoms with van der Waals surface area (Å²) in [5.74, 6) is 0.906. The van der Waals surface area contributed by atoms with E-state index >= 15 is 0 Å². The van der Waals surface area contributed by atoms with Crippen LogP contribution >= 0.6 is 11.6 Å². The van der Waals surface area contributed by atoms with Gasteiger partial charge in [0.05, 0.1) is 27.8 Å². The Hall–Kier alpha value is -2.53. The monoisotopic (exact) mass is 342 g/mol. The fourth-order valence-corrected chi connectivity index (χ4v) is 2.72. The van der Waals surface area contributed by atoms with Crippen LogP contribution in [0.25, 0.3) is 11.0 Å². The van der Waals surface area contributed by atoms with E-state index in [9.17, 15) is 4.79 Å². The Morgan fingerprint density at radius 3 is 2.54 bits per heavy atom. The number of nitrogens with zero attached hydrogens (tertiary/aromatic N) is 1. The highest BCUT2D eigenvalue weighted by molar-refractivity contribution is 6.33. The molecule has 0 saturated heterocycles. The van der Waals surface area contributed by atoms with Crippen LogP contribution in [0, 0.1) is 5.92 Å². The van der Waals surface area contributed by atoms with Crippen molar-refractivity contribution in [3.8, 4) is 0 Å². The second kappa shape index (κ2) is 6.93. The van der Waals surface area contributed by atoms with Crippen LogP contribution in [-0.2, 0) is 0 Å². The van der Waals surface area contributed by atoms with E-state index < -0.39 is 0 Å². The maximum absolute atomic E-state index is 12.3. The number of H-pyrrole nitrogens is 1. The number of imidazole rings is 1. The van der Waals surface area contributed by atoms with Gasteiger partial charge in [0, 0.05) is 0 Å². The first kappa shape index (κ1) is 16.3. The van der Waals surface area contributed by atoms with E-state index in [4.69, 9.17) is 11.6 Å². The summed E-state index contributed by atoms with van der Waals surface area (Å²) in [6.07, 6.45) is 0. The quantitative estimate of drug-likeness (QED) is 0.641. The minimum Gasteiger partial charge on any atom is -0.340 e. The van der Waals surface area contributed by atoms with Crippen molar-refractivity contribution >= 4 is 34.4 Å². The van der Waals surface area contributed by atoms with Crippen LogP contribution in [-0.4, -0.2) is 16.0 Å². The Bertz CT molecular complexity index is 826. The molecule has 124 valence electrons. The van der Waals surface area contributed by atoms with E-state index in [0.717, 1.165) is 16.9 Å². The second-order valence-corrected chi connectivity index (χ2v) is 6.35. The minimum absolute atomic E-state index is 0.169. The highest BCUT2D eigenvalue weighted by Gasteiger charge is 2.22. The lowest BCUT2D eigenvalue weighted by Crippen LogP contribution is -2.35. The summed E-state index contributed by atoms with van der Waals surface area (Å²) in [6.45, 7) is 4.07. The van der Waals surface area contributed by atoms with Crippen molar-refractivity contribution in [3.63, 3.8) is 0 Å². The summed E-state index contributed by atoms with van der Waals surface area (Å²) in [5.41, 5.74) is 2.40. The predicted octanol–water partition coefficient (Wildman–Crippen LogP) is 4.74. The number of hydrogen-bond acceptors (Lipinski definition) is 2. The largest absolute Gasteiger partial charge is 0.340 e. The van der Waals surface area contributed by atoms with Crippen LogP contribution in [0.4, 0.5) is 10.5 Å². The third kappa shape index (κ3) is 3.51. The fourth-order valence-electron chi connectivity index (χ4n) is 2.53.